The Balaban J connectivity index is 1.94. The lowest BCUT2D eigenvalue weighted by molar-refractivity contribution is 0.0954. The second kappa shape index (κ2) is 7.04. The highest BCUT2D eigenvalue weighted by Gasteiger charge is 2.07. The Morgan fingerprint density at radius 2 is 1.95 bits per heavy atom. The first-order valence-electron chi connectivity index (χ1n) is 6.46. The smallest absolute Gasteiger partial charge is 0.251 e. The first-order valence-corrected chi connectivity index (χ1v) is 6.46. The Hall–Kier alpha value is -2.89. The summed E-state index contributed by atoms with van der Waals surface area (Å²) in [6.07, 6.45) is 4.17. The van der Waals surface area contributed by atoms with Gasteiger partial charge in [0.15, 0.2) is 5.84 Å². The SMILES string of the molecule is NC(=NO)c1cccc(C(=O)NCCc2ccncc2)c1. The van der Waals surface area contributed by atoms with E-state index in [0.717, 1.165) is 12.0 Å². The van der Waals surface area contributed by atoms with Crippen molar-refractivity contribution in [2.24, 2.45) is 10.9 Å². The molecule has 1 heterocycles. The van der Waals surface area contributed by atoms with Gasteiger partial charge in [0, 0.05) is 30.1 Å². The molecule has 0 bridgehead atoms. The number of benzene rings is 1. The highest BCUT2D eigenvalue weighted by Crippen LogP contribution is 2.05. The van der Waals surface area contributed by atoms with Crippen molar-refractivity contribution in [1.82, 2.24) is 10.3 Å². The zero-order chi connectivity index (χ0) is 15.1. The van der Waals surface area contributed by atoms with Crippen molar-refractivity contribution in [3.63, 3.8) is 0 Å². The zero-order valence-electron chi connectivity index (χ0n) is 11.4. The highest BCUT2D eigenvalue weighted by atomic mass is 16.4. The van der Waals surface area contributed by atoms with Crippen LogP contribution in [0.1, 0.15) is 21.5 Å². The van der Waals surface area contributed by atoms with Gasteiger partial charge in [-0.3, -0.25) is 9.78 Å². The lowest BCUT2D eigenvalue weighted by Gasteiger charge is -2.06. The standard InChI is InChI=1S/C15H16N4O2/c16-14(19-21)12-2-1-3-13(10-12)15(20)18-9-6-11-4-7-17-8-5-11/h1-5,7-8,10,21H,6,9H2,(H2,16,19)(H,18,20). The van der Waals surface area contributed by atoms with Crippen LogP contribution in [0.2, 0.25) is 0 Å². The van der Waals surface area contributed by atoms with Crippen LogP contribution in [-0.4, -0.2) is 28.5 Å². The zero-order valence-corrected chi connectivity index (χ0v) is 11.4. The van der Waals surface area contributed by atoms with Crippen LogP contribution in [0.4, 0.5) is 0 Å². The third kappa shape index (κ3) is 4.04. The van der Waals surface area contributed by atoms with Crippen molar-refractivity contribution in [2.75, 3.05) is 6.54 Å². The molecule has 6 nitrogen and oxygen atoms in total. The van der Waals surface area contributed by atoms with Gasteiger partial charge in [-0.15, -0.1) is 0 Å². The van der Waals surface area contributed by atoms with Gasteiger partial charge in [-0.1, -0.05) is 17.3 Å². The number of nitrogens with one attached hydrogen (secondary N) is 1. The van der Waals surface area contributed by atoms with Gasteiger partial charge in [0.2, 0.25) is 0 Å². The molecule has 0 spiro atoms. The molecule has 0 saturated heterocycles. The van der Waals surface area contributed by atoms with E-state index < -0.39 is 0 Å². The molecule has 1 aromatic heterocycles. The molecule has 21 heavy (non-hydrogen) atoms. The summed E-state index contributed by atoms with van der Waals surface area (Å²) in [6.45, 7) is 0.524. The Morgan fingerprint density at radius 1 is 1.24 bits per heavy atom. The third-order valence-corrected chi connectivity index (χ3v) is 2.98. The molecule has 0 radical (unpaired) electrons. The van der Waals surface area contributed by atoms with Crippen molar-refractivity contribution in [1.29, 1.82) is 0 Å². The van der Waals surface area contributed by atoms with Crippen molar-refractivity contribution >= 4 is 11.7 Å². The van der Waals surface area contributed by atoms with Crippen LogP contribution >= 0.6 is 0 Å². The van der Waals surface area contributed by atoms with Gasteiger partial charge in [-0.05, 0) is 36.2 Å². The Labute approximate surface area is 122 Å². The van der Waals surface area contributed by atoms with Crippen molar-refractivity contribution < 1.29 is 10.0 Å². The number of aromatic nitrogens is 1. The van der Waals surface area contributed by atoms with E-state index in [0.29, 0.717) is 17.7 Å². The Bertz CT molecular complexity index is 641. The molecule has 108 valence electrons. The fraction of sp³-hybridized carbons (Fsp3) is 0.133. The molecule has 4 N–H and O–H groups in total. The molecular weight excluding hydrogens is 268 g/mol. The van der Waals surface area contributed by atoms with Crippen molar-refractivity contribution in [3.8, 4) is 0 Å². The maximum atomic E-state index is 12.0. The van der Waals surface area contributed by atoms with Gasteiger partial charge in [0.05, 0.1) is 0 Å². The molecule has 2 aromatic rings. The van der Waals surface area contributed by atoms with Crippen LogP contribution in [0.25, 0.3) is 0 Å². The summed E-state index contributed by atoms with van der Waals surface area (Å²) in [5.74, 6) is -0.224. The van der Waals surface area contributed by atoms with Gasteiger partial charge < -0.3 is 16.3 Å². The van der Waals surface area contributed by atoms with Crippen LogP contribution < -0.4 is 11.1 Å². The molecule has 1 aromatic carbocycles. The van der Waals surface area contributed by atoms with E-state index in [4.69, 9.17) is 10.9 Å². The van der Waals surface area contributed by atoms with Gasteiger partial charge in [0.1, 0.15) is 0 Å². The number of rotatable bonds is 5. The molecule has 0 fully saturated rings. The maximum Gasteiger partial charge on any atom is 0.251 e. The molecule has 0 saturated carbocycles. The maximum absolute atomic E-state index is 12.0. The number of nitrogens with two attached hydrogens (primary N) is 1. The number of nitrogens with zero attached hydrogens (tertiary/aromatic N) is 2. The number of hydrogen-bond donors (Lipinski definition) is 3. The minimum Gasteiger partial charge on any atom is -0.409 e. The fourth-order valence-electron chi connectivity index (χ4n) is 1.85. The van der Waals surface area contributed by atoms with E-state index in [1.807, 2.05) is 12.1 Å². The fourth-order valence-corrected chi connectivity index (χ4v) is 1.85. The van der Waals surface area contributed by atoms with Gasteiger partial charge in [-0.2, -0.15) is 0 Å². The van der Waals surface area contributed by atoms with E-state index in [2.05, 4.69) is 15.5 Å². The van der Waals surface area contributed by atoms with Crippen LogP contribution in [0.3, 0.4) is 0 Å². The van der Waals surface area contributed by atoms with Crippen molar-refractivity contribution in [3.05, 3.63) is 65.5 Å². The molecule has 0 unspecified atom stereocenters. The summed E-state index contributed by atoms with van der Waals surface area (Å²) in [5.41, 5.74) is 7.57. The number of amides is 1. The Morgan fingerprint density at radius 3 is 2.67 bits per heavy atom. The summed E-state index contributed by atoms with van der Waals surface area (Å²) >= 11 is 0. The van der Waals surface area contributed by atoms with E-state index in [1.54, 1.807) is 36.7 Å². The minimum atomic E-state index is -0.198. The highest BCUT2D eigenvalue weighted by molar-refractivity contribution is 6.01. The predicted octanol–water partition coefficient (Wildman–Crippen LogP) is 1.15. The number of amidine groups is 1. The van der Waals surface area contributed by atoms with Gasteiger partial charge in [0.25, 0.3) is 5.91 Å². The number of carbonyl (C=O) groups excluding carboxylic acids is 1. The van der Waals surface area contributed by atoms with Crippen LogP contribution in [0.5, 0.6) is 0 Å². The summed E-state index contributed by atoms with van der Waals surface area (Å²) in [4.78, 5) is 16.0. The summed E-state index contributed by atoms with van der Waals surface area (Å²) < 4.78 is 0. The lowest BCUT2D eigenvalue weighted by atomic mass is 10.1. The molecule has 0 aliphatic carbocycles. The van der Waals surface area contributed by atoms with E-state index in [9.17, 15) is 4.79 Å². The van der Waals surface area contributed by atoms with Gasteiger partial charge in [-0.25, -0.2) is 0 Å². The largest absolute Gasteiger partial charge is 0.409 e. The second-order valence-electron chi connectivity index (χ2n) is 4.43. The number of carbonyl (C=O) groups is 1. The Kier molecular flexibility index (Phi) is 4.87. The quantitative estimate of drug-likeness (QED) is 0.332. The topological polar surface area (TPSA) is 101 Å². The average Bonchev–Trinajstić information content (AvgIpc) is 2.55. The first-order chi connectivity index (χ1) is 10.2. The van der Waals surface area contributed by atoms with Gasteiger partial charge >= 0.3 is 0 Å². The van der Waals surface area contributed by atoms with E-state index >= 15 is 0 Å². The summed E-state index contributed by atoms with van der Waals surface area (Å²) in [5, 5.41) is 14.4. The van der Waals surface area contributed by atoms with E-state index in [-0.39, 0.29) is 11.7 Å². The number of oxime groups is 1. The van der Waals surface area contributed by atoms with Crippen LogP contribution in [0, 0.1) is 0 Å². The summed E-state index contributed by atoms with van der Waals surface area (Å²) in [7, 11) is 0. The van der Waals surface area contributed by atoms with Crippen LogP contribution in [0.15, 0.2) is 53.9 Å². The average molecular weight is 284 g/mol. The molecule has 6 heteroatoms. The summed E-state index contributed by atoms with van der Waals surface area (Å²) in [6, 6.07) is 10.4. The number of hydrogen-bond acceptors (Lipinski definition) is 4. The van der Waals surface area contributed by atoms with Crippen molar-refractivity contribution in [2.45, 2.75) is 6.42 Å². The lowest BCUT2D eigenvalue weighted by Crippen LogP contribution is -2.26. The molecular formula is C15H16N4O2. The first kappa shape index (κ1) is 14.5. The third-order valence-electron chi connectivity index (χ3n) is 2.98. The molecule has 0 aliphatic rings. The predicted molar refractivity (Wildman–Crippen MR) is 79.2 cm³/mol. The molecule has 0 aliphatic heterocycles. The second-order valence-corrected chi connectivity index (χ2v) is 4.43. The van der Waals surface area contributed by atoms with E-state index in [1.165, 1.54) is 0 Å². The normalized spacial score (nSPS) is 11.1. The molecule has 2 rings (SSSR count). The van der Waals surface area contributed by atoms with Crippen LogP contribution in [-0.2, 0) is 6.42 Å². The molecule has 0 atom stereocenters. The molecule has 1 amide bonds. The number of pyridine rings is 1. The minimum absolute atomic E-state index is 0.0264. The monoisotopic (exact) mass is 284 g/mol.